The lowest BCUT2D eigenvalue weighted by atomic mass is 10.1. The van der Waals surface area contributed by atoms with Crippen LogP contribution in [0.4, 0.5) is 5.69 Å². The molecular formula is C13H17BrN2O3. The lowest BCUT2D eigenvalue weighted by Crippen LogP contribution is -2.26. The van der Waals surface area contributed by atoms with Crippen LogP contribution in [-0.4, -0.2) is 24.2 Å². The van der Waals surface area contributed by atoms with Crippen LogP contribution in [0.2, 0.25) is 0 Å². The second kappa shape index (κ2) is 6.45. The van der Waals surface area contributed by atoms with Crippen molar-refractivity contribution in [3.05, 3.63) is 38.3 Å². The monoisotopic (exact) mass is 328 g/mol. The van der Waals surface area contributed by atoms with Crippen LogP contribution < -0.4 is 5.32 Å². The van der Waals surface area contributed by atoms with Gasteiger partial charge in [-0.25, -0.2) is 0 Å². The number of ether oxygens (including phenoxy) is 1. The molecular weight excluding hydrogens is 312 g/mol. The molecule has 0 saturated heterocycles. The molecule has 0 bridgehead atoms. The molecule has 0 spiro atoms. The highest BCUT2D eigenvalue weighted by Crippen LogP contribution is 2.29. The Bertz CT molecular complexity index is 467. The lowest BCUT2D eigenvalue weighted by Gasteiger charge is -2.13. The highest BCUT2D eigenvalue weighted by atomic mass is 79.9. The van der Waals surface area contributed by atoms with E-state index in [4.69, 9.17) is 4.74 Å². The van der Waals surface area contributed by atoms with Crippen molar-refractivity contribution in [2.24, 2.45) is 0 Å². The van der Waals surface area contributed by atoms with E-state index in [0.29, 0.717) is 23.2 Å². The number of benzene rings is 1. The Kier molecular flexibility index (Phi) is 4.90. The Balaban J connectivity index is 1.97. The molecule has 0 radical (unpaired) electrons. The van der Waals surface area contributed by atoms with Crippen molar-refractivity contribution in [2.75, 3.05) is 7.11 Å². The standard InChI is InChI=1S/C13H17BrN2O3/c1-19-11-6-5-10(7-11)15-8-9-3-2-4-12(13(9)14)16(17)18/h2-4,10-11,15H,5-8H2,1H3. The molecule has 2 atom stereocenters. The third kappa shape index (κ3) is 3.52. The van der Waals surface area contributed by atoms with Gasteiger partial charge in [0.05, 0.1) is 15.5 Å². The Morgan fingerprint density at radius 1 is 1.53 bits per heavy atom. The summed E-state index contributed by atoms with van der Waals surface area (Å²) >= 11 is 3.31. The topological polar surface area (TPSA) is 64.4 Å². The molecule has 1 fully saturated rings. The predicted molar refractivity (Wildman–Crippen MR) is 76.1 cm³/mol. The van der Waals surface area contributed by atoms with Crippen LogP contribution in [0.5, 0.6) is 0 Å². The van der Waals surface area contributed by atoms with Crippen molar-refractivity contribution in [3.8, 4) is 0 Å². The minimum atomic E-state index is -0.371. The van der Waals surface area contributed by atoms with Crippen LogP contribution in [0.25, 0.3) is 0 Å². The average molecular weight is 329 g/mol. The van der Waals surface area contributed by atoms with Crippen LogP contribution in [0.3, 0.4) is 0 Å². The molecule has 1 aliphatic rings. The van der Waals surface area contributed by atoms with Crippen molar-refractivity contribution in [2.45, 2.75) is 38.0 Å². The smallest absolute Gasteiger partial charge is 0.283 e. The van der Waals surface area contributed by atoms with E-state index < -0.39 is 0 Å². The Morgan fingerprint density at radius 2 is 2.32 bits per heavy atom. The fourth-order valence-corrected chi connectivity index (χ4v) is 2.99. The highest BCUT2D eigenvalue weighted by Gasteiger charge is 2.24. The van der Waals surface area contributed by atoms with Crippen LogP contribution >= 0.6 is 15.9 Å². The Morgan fingerprint density at radius 3 is 2.95 bits per heavy atom. The summed E-state index contributed by atoms with van der Waals surface area (Å²) in [5.74, 6) is 0. The summed E-state index contributed by atoms with van der Waals surface area (Å²) < 4.78 is 5.89. The van der Waals surface area contributed by atoms with Crippen molar-refractivity contribution < 1.29 is 9.66 Å². The van der Waals surface area contributed by atoms with Crippen molar-refractivity contribution in [3.63, 3.8) is 0 Å². The maximum absolute atomic E-state index is 10.9. The molecule has 5 nitrogen and oxygen atoms in total. The molecule has 6 heteroatoms. The van der Waals surface area contributed by atoms with Crippen LogP contribution in [0.1, 0.15) is 24.8 Å². The fourth-order valence-electron chi connectivity index (χ4n) is 2.44. The number of nitro groups is 1. The van der Waals surface area contributed by atoms with E-state index in [-0.39, 0.29) is 10.6 Å². The Labute approximate surface area is 120 Å². The number of rotatable bonds is 5. The second-order valence-electron chi connectivity index (χ2n) is 4.76. The normalized spacial score (nSPS) is 22.6. The Hall–Kier alpha value is -0.980. The van der Waals surface area contributed by atoms with Gasteiger partial charge in [0.25, 0.3) is 5.69 Å². The van der Waals surface area contributed by atoms with E-state index >= 15 is 0 Å². The highest BCUT2D eigenvalue weighted by molar-refractivity contribution is 9.10. The largest absolute Gasteiger partial charge is 0.381 e. The molecule has 0 amide bonds. The van der Waals surface area contributed by atoms with Gasteiger partial charge in [0.1, 0.15) is 0 Å². The van der Waals surface area contributed by atoms with Gasteiger partial charge in [-0.3, -0.25) is 10.1 Å². The number of hydrogen-bond donors (Lipinski definition) is 1. The van der Waals surface area contributed by atoms with E-state index in [1.165, 1.54) is 6.07 Å². The zero-order chi connectivity index (χ0) is 13.8. The predicted octanol–water partition coefficient (Wildman–Crippen LogP) is 3.01. The maximum Gasteiger partial charge on any atom is 0.283 e. The lowest BCUT2D eigenvalue weighted by molar-refractivity contribution is -0.385. The number of methoxy groups -OCH3 is 1. The first-order valence-corrected chi connectivity index (χ1v) is 7.09. The summed E-state index contributed by atoms with van der Waals surface area (Å²) in [5, 5.41) is 14.3. The van der Waals surface area contributed by atoms with Gasteiger partial charge in [-0.2, -0.15) is 0 Å². The average Bonchev–Trinajstić information content (AvgIpc) is 2.85. The van der Waals surface area contributed by atoms with Crippen molar-refractivity contribution in [1.29, 1.82) is 0 Å². The van der Waals surface area contributed by atoms with Gasteiger partial charge in [0, 0.05) is 25.8 Å². The van der Waals surface area contributed by atoms with Gasteiger partial charge >= 0.3 is 0 Å². The number of nitrogens with one attached hydrogen (secondary N) is 1. The molecule has 1 aliphatic carbocycles. The van der Waals surface area contributed by atoms with Crippen molar-refractivity contribution >= 4 is 21.6 Å². The number of halogens is 1. The molecule has 1 aromatic carbocycles. The SMILES string of the molecule is COC1CCC(NCc2cccc([N+](=O)[O-])c2Br)C1. The third-order valence-electron chi connectivity index (χ3n) is 3.55. The van der Waals surface area contributed by atoms with Gasteiger partial charge in [0.15, 0.2) is 0 Å². The minimum Gasteiger partial charge on any atom is -0.381 e. The minimum absolute atomic E-state index is 0.112. The molecule has 2 unspecified atom stereocenters. The molecule has 2 rings (SSSR count). The van der Waals surface area contributed by atoms with E-state index in [0.717, 1.165) is 24.8 Å². The number of hydrogen-bond acceptors (Lipinski definition) is 4. The van der Waals surface area contributed by atoms with Gasteiger partial charge in [-0.15, -0.1) is 0 Å². The molecule has 0 aromatic heterocycles. The van der Waals surface area contributed by atoms with Crippen LogP contribution in [0.15, 0.2) is 22.7 Å². The van der Waals surface area contributed by atoms with Gasteiger partial charge in [-0.05, 0) is 40.8 Å². The van der Waals surface area contributed by atoms with E-state index in [2.05, 4.69) is 21.2 Å². The second-order valence-corrected chi connectivity index (χ2v) is 5.55. The van der Waals surface area contributed by atoms with E-state index in [1.807, 2.05) is 6.07 Å². The van der Waals surface area contributed by atoms with Gasteiger partial charge in [-0.1, -0.05) is 12.1 Å². The first kappa shape index (κ1) is 14.4. The summed E-state index contributed by atoms with van der Waals surface area (Å²) in [6.45, 7) is 0.628. The zero-order valence-corrected chi connectivity index (χ0v) is 12.4. The molecule has 0 heterocycles. The maximum atomic E-state index is 10.9. The summed E-state index contributed by atoms with van der Waals surface area (Å²) in [7, 11) is 1.74. The zero-order valence-electron chi connectivity index (χ0n) is 10.8. The number of nitro benzene ring substituents is 1. The quantitative estimate of drug-likeness (QED) is 0.666. The van der Waals surface area contributed by atoms with Gasteiger partial charge in [0.2, 0.25) is 0 Å². The summed E-state index contributed by atoms with van der Waals surface area (Å²) in [4.78, 5) is 10.5. The fraction of sp³-hybridized carbons (Fsp3) is 0.538. The van der Waals surface area contributed by atoms with Crippen LogP contribution in [-0.2, 0) is 11.3 Å². The molecule has 19 heavy (non-hydrogen) atoms. The molecule has 1 saturated carbocycles. The van der Waals surface area contributed by atoms with E-state index in [1.54, 1.807) is 13.2 Å². The molecule has 1 N–H and O–H groups in total. The first-order chi connectivity index (χ1) is 9.11. The van der Waals surface area contributed by atoms with Crippen LogP contribution in [0, 0.1) is 10.1 Å². The van der Waals surface area contributed by atoms with Gasteiger partial charge < -0.3 is 10.1 Å². The number of nitrogens with zero attached hydrogens (tertiary/aromatic N) is 1. The third-order valence-corrected chi connectivity index (χ3v) is 4.47. The summed E-state index contributed by atoms with van der Waals surface area (Å²) in [5.41, 5.74) is 1.02. The summed E-state index contributed by atoms with van der Waals surface area (Å²) in [6.07, 6.45) is 3.50. The van der Waals surface area contributed by atoms with Crippen molar-refractivity contribution in [1.82, 2.24) is 5.32 Å². The molecule has 1 aromatic rings. The first-order valence-electron chi connectivity index (χ1n) is 6.29. The molecule has 0 aliphatic heterocycles. The molecule has 104 valence electrons. The van der Waals surface area contributed by atoms with E-state index in [9.17, 15) is 10.1 Å². The summed E-state index contributed by atoms with van der Waals surface area (Å²) in [6, 6.07) is 5.54.